The molecule has 0 spiro atoms. The van der Waals surface area contributed by atoms with Crippen LogP contribution >= 0.6 is 0 Å². The number of nitriles is 1. The molecule has 0 unspecified atom stereocenters. The topological polar surface area (TPSA) is 50.1 Å². The van der Waals surface area contributed by atoms with Crippen LogP contribution in [0.5, 0.6) is 0 Å². The van der Waals surface area contributed by atoms with Crippen molar-refractivity contribution in [3.05, 3.63) is 0 Å². The summed E-state index contributed by atoms with van der Waals surface area (Å²) in [7, 11) is 0. The van der Waals surface area contributed by atoms with E-state index in [1.165, 1.54) is 6.92 Å². The van der Waals surface area contributed by atoms with Crippen molar-refractivity contribution in [3.8, 4) is 6.07 Å². The molecule has 3 nitrogen and oxygen atoms in total. The number of hydrogen-bond acceptors (Lipinski definition) is 3. The van der Waals surface area contributed by atoms with Gasteiger partial charge in [-0.25, -0.2) is 8.78 Å². The van der Waals surface area contributed by atoms with Gasteiger partial charge in [-0.05, 0) is 81.5 Å². The molecular weight excluding hydrogens is 348 g/mol. The third-order valence-corrected chi connectivity index (χ3v) is 8.88. The molecular formula is C22H31F2NO2. The number of nitrogens with zero attached hydrogens (tertiary/aromatic N) is 1. The van der Waals surface area contributed by atoms with Gasteiger partial charge in [0.15, 0.2) is 0 Å². The number of rotatable bonds is 1. The molecule has 4 rings (SSSR count). The number of fused-ring (bicyclic) bond motifs is 5. The van der Waals surface area contributed by atoms with E-state index in [9.17, 15) is 10.1 Å². The second-order valence-electron chi connectivity index (χ2n) is 10.2. The van der Waals surface area contributed by atoms with E-state index < -0.39 is 22.9 Å². The lowest BCUT2D eigenvalue weighted by molar-refractivity contribution is -0.225. The van der Waals surface area contributed by atoms with Crippen molar-refractivity contribution in [3.63, 3.8) is 0 Å². The highest BCUT2D eigenvalue weighted by Crippen LogP contribution is 2.69. The highest BCUT2D eigenvalue weighted by atomic mass is 19.3. The fourth-order valence-electron chi connectivity index (χ4n) is 7.68. The Morgan fingerprint density at radius 3 is 2.44 bits per heavy atom. The lowest BCUT2D eigenvalue weighted by atomic mass is 9.48. The van der Waals surface area contributed by atoms with Crippen molar-refractivity contribution < 1.29 is 18.3 Å². The minimum Gasteiger partial charge on any atom is -0.460 e. The molecule has 0 amide bonds. The summed E-state index contributed by atoms with van der Waals surface area (Å²) in [6.07, 6.45) is 5.79. The van der Waals surface area contributed by atoms with Crippen LogP contribution in [0.25, 0.3) is 0 Å². The highest BCUT2D eigenvalue weighted by molar-refractivity contribution is 5.66. The third-order valence-electron chi connectivity index (χ3n) is 8.88. The van der Waals surface area contributed by atoms with E-state index in [1.54, 1.807) is 6.92 Å². The van der Waals surface area contributed by atoms with Crippen LogP contribution in [0.4, 0.5) is 8.78 Å². The Bertz CT molecular complexity index is 674. The largest absolute Gasteiger partial charge is 0.460 e. The minimum absolute atomic E-state index is 0.0290. The van der Waals surface area contributed by atoms with Gasteiger partial charge in [-0.2, -0.15) is 5.26 Å². The fraction of sp³-hybridized carbons (Fsp3) is 0.909. The van der Waals surface area contributed by atoms with E-state index in [4.69, 9.17) is 4.74 Å². The molecule has 0 aromatic carbocycles. The van der Waals surface area contributed by atoms with Gasteiger partial charge in [0, 0.05) is 13.3 Å². The summed E-state index contributed by atoms with van der Waals surface area (Å²) in [4.78, 5) is 11.5. The van der Waals surface area contributed by atoms with Gasteiger partial charge in [0.05, 0.1) is 17.4 Å². The second kappa shape index (κ2) is 6.16. The summed E-state index contributed by atoms with van der Waals surface area (Å²) in [5.74, 6) is -2.51. The molecule has 27 heavy (non-hydrogen) atoms. The summed E-state index contributed by atoms with van der Waals surface area (Å²) in [5.41, 5.74) is -1.60. The van der Waals surface area contributed by atoms with Crippen LogP contribution in [0.2, 0.25) is 0 Å². The Kier molecular flexibility index (Phi) is 4.37. The van der Waals surface area contributed by atoms with Gasteiger partial charge in [0.1, 0.15) is 5.60 Å². The van der Waals surface area contributed by atoms with E-state index in [1.807, 2.05) is 6.92 Å². The first kappa shape index (κ1) is 19.2. The Morgan fingerprint density at radius 1 is 1.04 bits per heavy atom. The molecule has 5 heteroatoms. The Hall–Kier alpha value is -1.18. The van der Waals surface area contributed by atoms with Gasteiger partial charge in [0.25, 0.3) is 5.92 Å². The number of carbonyl (C=O) groups is 1. The Labute approximate surface area is 160 Å². The molecule has 4 saturated carbocycles. The molecule has 0 aromatic rings. The van der Waals surface area contributed by atoms with Gasteiger partial charge in [-0.15, -0.1) is 0 Å². The first-order valence-corrected chi connectivity index (χ1v) is 10.6. The fourth-order valence-corrected chi connectivity index (χ4v) is 7.68. The number of hydrogen-bond donors (Lipinski definition) is 0. The van der Waals surface area contributed by atoms with Crippen molar-refractivity contribution in [1.29, 1.82) is 5.26 Å². The molecule has 0 radical (unpaired) electrons. The molecule has 0 N–H and O–H groups in total. The van der Waals surface area contributed by atoms with E-state index in [0.29, 0.717) is 24.2 Å². The zero-order valence-electron chi connectivity index (χ0n) is 16.6. The van der Waals surface area contributed by atoms with E-state index in [-0.39, 0.29) is 24.2 Å². The molecule has 4 aliphatic rings. The second-order valence-corrected chi connectivity index (χ2v) is 10.2. The molecule has 0 aliphatic heterocycles. The smallest absolute Gasteiger partial charge is 0.303 e. The SMILES string of the molecule is CC(=O)O[C@]1(C)CC[C@H]2[C@H](CC[C@@H]3[C@@H]2CC(F)(F)[C@]2(C)[C@@H](C#N)CC[C@@H]32)C1. The van der Waals surface area contributed by atoms with Crippen LogP contribution in [-0.4, -0.2) is 17.5 Å². The van der Waals surface area contributed by atoms with E-state index in [2.05, 4.69) is 6.07 Å². The Morgan fingerprint density at radius 2 is 1.78 bits per heavy atom. The number of halogens is 2. The van der Waals surface area contributed by atoms with Crippen molar-refractivity contribution in [2.75, 3.05) is 0 Å². The molecule has 8 atom stereocenters. The number of ether oxygens (including phenoxy) is 1. The summed E-state index contributed by atoms with van der Waals surface area (Å²) in [6, 6.07) is 2.21. The van der Waals surface area contributed by atoms with Crippen LogP contribution in [0.1, 0.15) is 72.1 Å². The zero-order valence-corrected chi connectivity index (χ0v) is 16.6. The summed E-state index contributed by atoms with van der Waals surface area (Å²) in [5, 5.41) is 9.49. The molecule has 0 aromatic heterocycles. The molecule has 0 bridgehead atoms. The van der Waals surface area contributed by atoms with Crippen molar-refractivity contribution in [2.45, 2.75) is 83.7 Å². The van der Waals surface area contributed by atoms with Gasteiger partial charge in [-0.3, -0.25) is 4.79 Å². The molecule has 150 valence electrons. The van der Waals surface area contributed by atoms with E-state index >= 15 is 8.78 Å². The maximum atomic E-state index is 15.4. The van der Waals surface area contributed by atoms with Crippen molar-refractivity contribution in [1.82, 2.24) is 0 Å². The standard InChI is InChI=1S/C22H31F2NO2/c1-13(26)27-20(2)9-8-16-14(10-20)4-6-17-18(16)11-22(23,24)21(3)15(12-25)5-7-19(17)21/h14-19H,4-11H2,1-3H3/t14-,15-,16+,17-,18-,19+,20-,21-/m1/s1. The first-order valence-electron chi connectivity index (χ1n) is 10.6. The molecule has 4 fully saturated rings. The molecule has 4 aliphatic carbocycles. The minimum atomic E-state index is -2.77. The third kappa shape index (κ3) is 2.73. The monoisotopic (exact) mass is 379 g/mol. The number of carbonyl (C=O) groups excluding carboxylic acids is 1. The number of esters is 1. The lowest BCUT2D eigenvalue weighted by Gasteiger charge is -2.58. The lowest BCUT2D eigenvalue weighted by Crippen LogP contribution is -2.58. The zero-order chi connectivity index (χ0) is 19.6. The summed E-state index contributed by atoms with van der Waals surface area (Å²) in [6.45, 7) is 5.14. The quantitative estimate of drug-likeness (QED) is 0.577. The maximum Gasteiger partial charge on any atom is 0.303 e. The predicted octanol–water partition coefficient (Wildman–Crippen LogP) is 5.35. The average Bonchev–Trinajstić information content (AvgIpc) is 2.92. The van der Waals surface area contributed by atoms with E-state index in [0.717, 1.165) is 38.5 Å². The maximum absolute atomic E-state index is 15.4. The van der Waals surface area contributed by atoms with Crippen LogP contribution < -0.4 is 0 Å². The van der Waals surface area contributed by atoms with Gasteiger partial charge < -0.3 is 4.74 Å². The summed E-state index contributed by atoms with van der Waals surface area (Å²) >= 11 is 0. The predicted molar refractivity (Wildman–Crippen MR) is 96.7 cm³/mol. The average molecular weight is 379 g/mol. The highest BCUT2D eigenvalue weighted by Gasteiger charge is 2.69. The summed E-state index contributed by atoms with van der Waals surface area (Å²) < 4.78 is 36.4. The van der Waals surface area contributed by atoms with Crippen LogP contribution in [-0.2, 0) is 9.53 Å². The molecule has 0 heterocycles. The van der Waals surface area contributed by atoms with Crippen LogP contribution in [0.3, 0.4) is 0 Å². The van der Waals surface area contributed by atoms with Crippen molar-refractivity contribution >= 4 is 5.97 Å². The van der Waals surface area contributed by atoms with Crippen LogP contribution in [0.15, 0.2) is 0 Å². The van der Waals surface area contributed by atoms with Gasteiger partial charge in [0.2, 0.25) is 0 Å². The van der Waals surface area contributed by atoms with Gasteiger partial charge in [-0.1, -0.05) is 6.92 Å². The molecule has 0 saturated heterocycles. The normalized spacial score (nSPS) is 50.7. The Balaban J connectivity index is 1.59. The van der Waals surface area contributed by atoms with Gasteiger partial charge >= 0.3 is 5.97 Å². The van der Waals surface area contributed by atoms with Crippen molar-refractivity contribution in [2.24, 2.45) is 40.9 Å². The number of alkyl halides is 2. The van der Waals surface area contributed by atoms with Crippen LogP contribution in [0, 0.1) is 52.3 Å². The first-order chi connectivity index (χ1) is 12.6.